The maximum absolute atomic E-state index is 12.1. The Morgan fingerprint density at radius 2 is 2.25 bits per heavy atom. The first-order valence-corrected chi connectivity index (χ1v) is 7.53. The molecule has 0 aliphatic carbocycles. The molecule has 3 N–H and O–H groups in total. The van der Waals surface area contributed by atoms with E-state index in [1.165, 1.54) is 18.5 Å². The van der Waals surface area contributed by atoms with Crippen molar-refractivity contribution in [3.8, 4) is 0 Å². The van der Waals surface area contributed by atoms with Crippen molar-refractivity contribution in [2.45, 2.75) is 11.3 Å². The number of thiocarbonyl (C=S) groups is 1. The van der Waals surface area contributed by atoms with Gasteiger partial charge in [-0.1, -0.05) is 29.5 Å². The summed E-state index contributed by atoms with van der Waals surface area (Å²) in [6.07, 6.45) is 1.57. The van der Waals surface area contributed by atoms with E-state index in [1.807, 2.05) is 0 Å². The van der Waals surface area contributed by atoms with E-state index in [0.29, 0.717) is 17.9 Å². The summed E-state index contributed by atoms with van der Waals surface area (Å²) in [5, 5.41) is 3.43. The van der Waals surface area contributed by atoms with Gasteiger partial charge < -0.3 is 10.3 Å². The third-order valence-corrected chi connectivity index (χ3v) is 4.16. The zero-order valence-corrected chi connectivity index (χ0v) is 11.9. The van der Waals surface area contributed by atoms with Gasteiger partial charge in [-0.2, -0.15) is 4.98 Å². The van der Waals surface area contributed by atoms with E-state index in [9.17, 15) is 8.42 Å². The second-order valence-electron chi connectivity index (χ2n) is 3.87. The fourth-order valence-corrected chi connectivity index (χ4v) is 2.70. The van der Waals surface area contributed by atoms with Crippen molar-refractivity contribution in [3.05, 3.63) is 42.0 Å². The third kappa shape index (κ3) is 3.59. The number of nitrogens with zero attached hydrogens (tertiary/aromatic N) is 2. The lowest BCUT2D eigenvalue weighted by molar-refractivity contribution is 0.377. The number of sulfonamides is 1. The standard InChI is InChI=1S/C11H12N4O3S2/c12-11(19)8-2-1-3-9(6-8)20(16,17)15-5-4-10-13-7-14-18-10/h1-3,6-7,15H,4-5H2,(H2,12,19). The molecule has 1 aromatic carbocycles. The molecule has 0 amide bonds. The van der Waals surface area contributed by atoms with Crippen LogP contribution in [-0.4, -0.2) is 30.1 Å². The number of aromatic nitrogens is 2. The van der Waals surface area contributed by atoms with Gasteiger partial charge in [-0.15, -0.1) is 0 Å². The Balaban J connectivity index is 2.06. The molecule has 0 aliphatic heterocycles. The Morgan fingerprint density at radius 3 is 2.90 bits per heavy atom. The van der Waals surface area contributed by atoms with Crippen LogP contribution in [0.1, 0.15) is 11.5 Å². The van der Waals surface area contributed by atoms with E-state index in [-0.39, 0.29) is 16.4 Å². The van der Waals surface area contributed by atoms with E-state index in [0.717, 1.165) is 0 Å². The molecule has 0 saturated heterocycles. The van der Waals surface area contributed by atoms with Gasteiger partial charge in [-0.05, 0) is 12.1 Å². The molecule has 0 spiro atoms. The number of nitrogens with one attached hydrogen (secondary N) is 1. The molecule has 9 heteroatoms. The van der Waals surface area contributed by atoms with Crippen molar-refractivity contribution in [2.24, 2.45) is 5.73 Å². The molecule has 2 aromatic rings. The van der Waals surface area contributed by atoms with Crippen LogP contribution in [0.4, 0.5) is 0 Å². The summed E-state index contributed by atoms with van der Waals surface area (Å²) < 4.78 is 31.4. The molecule has 1 aromatic heterocycles. The Hall–Kier alpha value is -1.84. The number of rotatable bonds is 6. The topological polar surface area (TPSA) is 111 Å². The molecule has 0 aliphatic rings. The molecule has 0 fully saturated rings. The monoisotopic (exact) mass is 312 g/mol. The highest BCUT2D eigenvalue weighted by molar-refractivity contribution is 7.89. The lowest BCUT2D eigenvalue weighted by Gasteiger charge is -2.07. The molecular formula is C11H12N4O3S2. The van der Waals surface area contributed by atoms with Crippen molar-refractivity contribution in [1.29, 1.82) is 0 Å². The van der Waals surface area contributed by atoms with Gasteiger partial charge in [0.2, 0.25) is 15.9 Å². The number of hydrogen-bond acceptors (Lipinski definition) is 6. The molecule has 0 saturated carbocycles. The van der Waals surface area contributed by atoms with Crippen LogP contribution in [-0.2, 0) is 16.4 Å². The van der Waals surface area contributed by atoms with Gasteiger partial charge in [0.15, 0.2) is 6.33 Å². The van der Waals surface area contributed by atoms with Crippen LogP contribution < -0.4 is 10.5 Å². The van der Waals surface area contributed by atoms with E-state index in [2.05, 4.69) is 14.9 Å². The summed E-state index contributed by atoms with van der Waals surface area (Å²) in [5.74, 6) is 0.365. The van der Waals surface area contributed by atoms with Crippen LogP contribution in [0.25, 0.3) is 0 Å². The van der Waals surface area contributed by atoms with Crippen molar-refractivity contribution in [1.82, 2.24) is 14.9 Å². The van der Waals surface area contributed by atoms with Gasteiger partial charge in [0.05, 0.1) is 4.90 Å². The summed E-state index contributed by atoms with van der Waals surface area (Å²) in [6.45, 7) is 0.155. The second kappa shape index (κ2) is 6.07. The molecule has 20 heavy (non-hydrogen) atoms. The Bertz CT molecular complexity index is 698. The molecule has 0 radical (unpaired) electrons. The normalized spacial score (nSPS) is 11.4. The van der Waals surface area contributed by atoms with E-state index in [4.69, 9.17) is 22.5 Å². The van der Waals surface area contributed by atoms with Gasteiger partial charge in [0.25, 0.3) is 0 Å². The Morgan fingerprint density at radius 1 is 1.45 bits per heavy atom. The third-order valence-electron chi connectivity index (χ3n) is 2.47. The molecule has 0 bridgehead atoms. The van der Waals surface area contributed by atoms with E-state index in [1.54, 1.807) is 12.1 Å². The first kappa shape index (κ1) is 14.6. The maximum atomic E-state index is 12.1. The van der Waals surface area contributed by atoms with Crippen LogP contribution in [0, 0.1) is 0 Å². The Labute approximate surface area is 121 Å². The molecule has 2 rings (SSSR count). The predicted molar refractivity (Wildman–Crippen MR) is 75.5 cm³/mol. The zero-order valence-electron chi connectivity index (χ0n) is 10.3. The van der Waals surface area contributed by atoms with Crippen LogP contribution in [0.2, 0.25) is 0 Å². The number of hydrogen-bond donors (Lipinski definition) is 2. The quantitative estimate of drug-likeness (QED) is 0.734. The largest absolute Gasteiger partial charge is 0.389 e. The highest BCUT2D eigenvalue weighted by Crippen LogP contribution is 2.11. The summed E-state index contributed by atoms with van der Waals surface area (Å²) >= 11 is 4.82. The maximum Gasteiger partial charge on any atom is 0.240 e. The summed E-state index contributed by atoms with van der Waals surface area (Å²) in [5.41, 5.74) is 5.98. The van der Waals surface area contributed by atoms with Crippen molar-refractivity contribution >= 4 is 27.2 Å². The first-order valence-electron chi connectivity index (χ1n) is 5.64. The van der Waals surface area contributed by atoms with Gasteiger partial charge in [-0.3, -0.25) is 0 Å². The first-order chi connectivity index (χ1) is 9.49. The van der Waals surface area contributed by atoms with Crippen molar-refractivity contribution in [2.75, 3.05) is 6.54 Å². The van der Waals surface area contributed by atoms with E-state index >= 15 is 0 Å². The van der Waals surface area contributed by atoms with Crippen molar-refractivity contribution in [3.63, 3.8) is 0 Å². The predicted octanol–water partition coefficient (Wildman–Crippen LogP) is 0.225. The highest BCUT2D eigenvalue weighted by atomic mass is 32.2. The minimum atomic E-state index is -3.62. The number of benzene rings is 1. The van der Waals surface area contributed by atoms with Gasteiger partial charge >= 0.3 is 0 Å². The minimum Gasteiger partial charge on any atom is -0.389 e. The SMILES string of the molecule is NC(=S)c1cccc(S(=O)(=O)NCCc2ncno2)c1. The summed E-state index contributed by atoms with van der Waals surface area (Å²) in [6, 6.07) is 6.13. The number of nitrogens with two attached hydrogens (primary N) is 1. The summed E-state index contributed by atoms with van der Waals surface area (Å²) in [4.78, 5) is 4.05. The minimum absolute atomic E-state index is 0.105. The zero-order chi connectivity index (χ0) is 14.6. The lowest BCUT2D eigenvalue weighted by atomic mass is 10.2. The van der Waals surface area contributed by atoms with Crippen LogP contribution >= 0.6 is 12.2 Å². The van der Waals surface area contributed by atoms with Crippen LogP contribution in [0.15, 0.2) is 40.0 Å². The van der Waals surface area contributed by atoms with Crippen LogP contribution in [0.3, 0.4) is 0 Å². The molecule has 7 nitrogen and oxygen atoms in total. The molecular weight excluding hydrogens is 300 g/mol. The van der Waals surface area contributed by atoms with Crippen molar-refractivity contribution < 1.29 is 12.9 Å². The fourth-order valence-electron chi connectivity index (χ4n) is 1.50. The molecule has 0 unspecified atom stereocenters. The van der Waals surface area contributed by atoms with Gasteiger partial charge in [0.1, 0.15) is 4.99 Å². The average molecular weight is 312 g/mol. The highest BCUT2D eigenvalue weighted by Gasteiger charge is 2.14. The average Bonchev–Trinajstić information content (AvgIpc) is 2.92. The lowest BCUT2D eigenvalue weighted by Crippen LogP contribution is -2.26. The van der Waals surface area contributed by atoms with Crippen LogP contribution in [0.5, 0.6) is 0 Å². The fraction of sp³-hybridized carbons (Fsp3) is 0.182. The molecule has 0 atom stereocenters. The molecule has 106 valence electrons. The Kier molecular flexibility index (Phi) is 4.42. The van der Waals surface area contributed by atoms with Gasteiger partial charge in [0, 0.05) is 18.5 Å². The second-order valence-corrected chi connectivity index (χ2v) is 6.08. The smallest absolute Gasteiger partial charge is 0.240 e. The van der Waals surface area contributed by atoms with E-state index < -0.39 is 10.0 Å². The summed E-state index contributed by atoms with van der Waals surface area (Å²) in [7, 11) is -3.62. The molecule has 1 heterocycles. The van der Waals surface area contributed by atoms with Gasteiger partial charge in [-0.25, -0.2) is 13.1 Å².